The lowest BCUT2D eigenvalue weighted by atomic mass is 10.2. The number of nitrogens with zero attached hydrogens (tertiary/aromatic N) is 6. The van der Waals surface area contributed by atoms with Crippen LogP contribution in [0.4, 0.5) is 0 Å². The molecule has 0 saturated carbocycles. The predicted octanol–water partition coefficient (Wildman–Crippen LogP) is 3.51. The largest absolute Gasteiger partial charge is 0.428 e. The van der Waals surface area contributed by atoms with E-state index in [0.29, 0.717) is 29.5 Å². The normalized spacial score (nSPS) is 12.8. The van der Waals surface area contributed by atoms with Crippen molar-refractivity contribution >= 4 is 12.1 Å². The highest BCUT2D eigenvalue weighted by atomic mass is 16.5. The lowest BCUT2D eigenvalue weighted by Crippen LogP contribution is -2.00. The molecule has 8 nitrogen and oxygen atoms in total. The second kappa shape index (κ2) is 10.4. The lowest BCUT2D eigenvalue weighted by Gasteiger charge is -1.96. The Bertz CT molecular complexity index is 562. The van der Waals surface area contributed by atoms with Crippen LogP contribution in [-0.4, -0.2) is 38.9 Å². The molecule has 0 fully saturated rings. The van der Waals surface area contributed by atoms with E-state index in [1.807, 2.05) is 33.9 Å². The fourth-order valence-corrected chi connectivity index (χ4v) is 1.51. The van der Waals surface area contributed by atoms with Crippen LogP contribution in [0, 0.1) is 5.92 Å². The van der Waals surface area contributed by atoms with Crippen molar-refractivity contribution in [3.8, 4) is 0 Å². The Kier molecular flexibility index (Phi) is 8.53. The van der Waals surface area contributed by atoms with Gasteiger partial charge in [0.2, 0.25) is 18.2 Å². The summed E-state index contributed by atoms with van der Waals surface area (Å²) in [4.78, 5) is 12.0. The predicted molar refractivity (Wildman–Crippen MR) is 92.4 cm³/mol. The summed E-state index contributed by atoms with van der Waals surface area (Å²) in [6, 6.07) is 0. The van der Waals surface area contributed by atoms with Crippen molar-refractivity contribution in [1.29, 1.82) is 0 Å². The fraction of sp³-hybridized carbons (Fsp3) is 0.625. The van der Waals surface area contributed by atoms with E-state index in [1.54, 1.807) is 0 Å². The van der Waals surface area contributed by atoms with Gasteiger partial charge in [-0.3, -0.25) is 4.99 Å². The van der Waals surface area contributed by atoms with Crippen molar-refractivity contribution in [2.45, 2.75) is 53.4 Å². The average Bonchev–Trinajstić information content (AvgIpc) is 3.29. The van der Waals surface area contributed by atoms with Crippen LogP contribution in [0.25, 0.3) is 0 Å². The Morgan fingerprint density at radius 1 is 0.958 bits per heavy atom. The molecule has 8 heteroatoms. The zero-order valence-electron chi connectivity index (χ0n) is 15.2. The molecule has 0 aromatic carbocycles. The van der Waals surface area contributed by atoms with Crippen LogP contribution in [0.5, 0.6) is 0 Å². The Morgan fingerprint density at radius 3 is 1.92 bits per heavy atom. The second-order valence-corrected chi connectivity index (χ2v) is 6.03. The van der Waals surface area contributed by atoms with Crippen LogP contribution >= 0.6 is 0 Å². The van der Waals surface area contributed by atoms with Crippen molar-refractivity contribution in [1.82, 2.24) is 20.3 Å². The number of hydrogen-bond donors (Lipinski definition) is 0. The molecule has 24 heavy (non-hydrogen) atoms. The minimum atomic E-state index is 0.345. The minimum Gasteiger partial charge on any atom is -0.428 e. The monoisotopic (exact) mass is 334 g/mol. The maximum Gasteiger partial charge on any atom is 0.228 e. The average molecular weight is 334 g/mol. The van der Waals surface area contributed by atoms with Gasteiger partial charge in [0, 0.05) is 24.0 Å². The van der Waals surface area contributed by atoms with Crippen LogP contribution in [0.1, 0.15) is 65.2 Å². The van der Waals surface area contributed by atoms with Gasteiger partial charge in [0.25, 0.3) is 0 Å². The number of amidine groups is 1. The van der Waals surface area contributed by atoms with Gasteiger partial charge in [-0.05, 0) is 0 Å². The Hall–Kier alpha value is -2.38. The standard InChI is InChI=1S/C6H10N2.2C5H8N2O/c1-5(2)6-7-3-4-8-6;1-4(2)5-7-6-3-8-5;1-4(2)5-6-3-7-8-5/h3,5H,4H2,1-2H3;2*3-4H,1-2H3. The van der Waals surface area contributed by atoms with E-state index in [-0.39, 0.29) is 0 Å². The first-order valence-electron chi connectivity index (χ1n) is 8.01. The van der Waals surface area contributed by atoms with Crippen LogP contribution in [0.3, 0.4) is 0 Å². The van der Waals surface area contributed by atoms with Crippen molar-refractivity contribution in [2.75, 3.05) is 6.54 Å². The molecular formula is C16H26N6O2. The highest BCUT2D eigenvalue weighted by molar-refractivity contribution is 5.95. The van der Waals surface area contributed by atoms with E-state index in [0.717, 1.165) is 12.4 Å². The van der Waals surface area contributed by atoms with Crippen LogP contribution in [-0.2, 0) is 0 Å². The number of aliphatic imine (C=N–C) groups is 2. The number of hydrogen-bond acceptors (Lipinski definition) is 8. The molecule has 0 spiro atoms. The smallest absolute Gasteiger partial charge is 0.228 e. The van der Waals surface area contributed by atoms with Crippen molar-refractivity contribution in [3.63, 3.8) is 0 Å². The molecule has 0 N–H and O–H groups in total. The third-order valence-corrected chi connectivity index (χ3v) is 2.82. The third kappa shape index (κ3) is 7.26. The second-order valence-electron chi connectivity index (χ2n) is 6.03. The van der Waals surface area contributed by atoms with E-state index in [2.05, 4.69) is 44.2 Å². The summed E-state index contributed by atoms with van der Waals surface area (Å²) in [6.07, 6.45) is 4.60. The summed E-state index contributed by atoms with van der Waals surface area (Å²) in [6.45, 7) is 13.0. The van der Waals surface area contributed by atoms with Gasteiger partial charge in [0.15, 0.2) is 6.33 Å². The molecule has 2 aromatic rings. The maximum absolute atomic E-state index is 4.87. The zero-order valence-corrected chi connectivity index (χ0v) is 15.2. The molecule has 0 unspecified atom stereocenters. The van der Waals surface area contributed by atoms with Crippen molar-refractivity contribution < 1.29 is 8.94 Å². The van der Waals surface area contributed by atoms with E-state index < -0.39 is 0 Å². The summed E-state index contributed by atoms with van der Waals surface area (Å²) < 4.78 is 9.61. The first-order chi connectivity index (χ1) is 11.4. The molecule has 0 amide bonds. The molecule has 0 bridgehead atoms. The SMILES string of the molecule is CC(C)C1=NCC=N1.CC(C)c1ncno1.CC(C)c1nnco1. The Labute approximate surface area is 142 Å². The van der Waals surface area contributed by atoms with Crippen LogP contribution < -0.4 is 0 Å². The molecule has 0 aliphatic carbocycles. The molecule has 0 radical (unpaired) electrons. The molecular weight excluding hydrogens is 308 g/mol. The molecule has 2 aromatic heterocycles. The van der Waals surface area contributed by atoms with Gasteiger partial charge in [-0.15, -0.1) is 10.2 Å². The highest BCUT2D eigenvalue weighted by Crippen LogP contribution is 2.08. The van der Waals surface area contributed by atoms with Gasteiger partial charge in [0.05, 0.1) is 6.54 Å². The molecule has 1 aliphatic heterocycles. The molecule has 0 saturated heterocycles. The Morgan fingerprint density at radius 2 is 1.67 bits per heavy atom. The van der Waals surface area contributed by atoms with Gasteiger partial charge >= 0.3 is 0 Å². The summed E-state index contributed by atoms with van der Waals surface area (Å²) >= 11 is 0. The van der Waals surface area contributed by atoms with Gasteiger partial charge < -0.3 is 8.94 Å². The molecule has 132 valence electrons. The van der Waals surface area contributed by atoms with Gasteiger partial charge in [-0.25, -0.2) is 4.99 Å². The summed E-state index contributed by atoms with van der Waals surface area (Å²) in [5.41, 5.74) is 0. The fourth-order valence-electron chi connectivity index (χ4n) is 1.51. The van der Waals surface area contributed by atoms with Gasteiger partial charge in [-0.1, -0.05) is 46.7 Å². The maximum atomic E-state index is 4.87. The summed E-state index contributed by atoms with van der Waals surface area (Å²) in [5.74, 6) is 3.57. The van der Waals surface area contributed by atoms with Crippen LogP contribution in [0.2, 0.25) is 0 Å². The summed E-state index contributed by atoms with van der Waals surface area (Å²) in [7, 11) is 0. The molecule has 3 heterocycles. The van der Waals surface area contributed by atoms with E-state index in [9.17, 15) is 0 Å². The molecule has 1 aliphatic rings. The number of rotatable bonds is 3. The van der Waals surface area contributed by atoms with Crippen LogP contribution in [0.15, 0.2) is 31.6 Å². The van der Waals surface area contributed by atoms with Gasteiger partial charge in [-0.2, -0.15) is 4.98 Å². The highest BCUT2D eigenvalue weighted by Gasteiger charge is 2.04. The quantitative estimate of drug-likeness (QED) is 0.851. The molecule has 3 rings (SSSR count). The minimum absolute atomic E-state index is 0.345. The third-order valence-electron chi connectivity index (χ3n) is 2.82. The van der Waals surface area contributed by atoms with E-state index in [1.165, 1.54) is 12.7 Å². The first-order valence-corrected chi connectivity index (χ1v) is 8.01. The van der Waals surface area contributed by atoms with Crippen molar-refractivity contribution in [3.05, 3.63) is 24.5 Å². The van der Waals surface area contributed by atoms with E-state index >= 15 is 0 Å². The Balaban J connectivity index is 0.000000180. The van der Waals surface area contributed by atoms with Crippen molar-refractivity contribution in [2.24, 2.45) is 15.9 Å². The van der Waals surface area contributed by atoms with Gasteiger partial charge in [0.1, 0.15) is 5.84 Å². The lowest BCUT2D eigenvalue weighted by molar-refractivity contribution is 0.364. The zero-order chi connectivity index (χ0) is 17.9. The topological polar surface area (TPSA) is 103 Å². The van der Waals surface area contributed by atoms with E-state index in [4.69, 9.17) is 8.94 Å². The molecule has 0 atom stereocenters. The first kappa shape index (κ1) is 19.7. The summed E-state index contributed by atoms with van der Waals surface area (Å²) in [5, 5.41) is 10.7. The number of aromatic nitrogens is 4.